The minimum atomic E-state index is 0.380. The first-order valence-electron chi connectivity index (χ1n) is 4.16. The van der Waals surface area contributed by atoms with Crippen LogP contribution in [0.5, 0.6) is 0 Å². The zero-order chi connectivity index (χ0) is 9.97. The molecule has 74 valence electrons. The number of anilines is 1. The molecule has 2 aromatic heterocycles. The number of nitrogens with one attached hydrogen (secondary N) is 2. The van der Waals surface area contributed by atoms with Crippen LogP contribution < -0.4 is 5.32 Å². The molecule has 0 amide bonds. The summed E-state index contributed by atoms with van der Waals surface area (Å²) in [5.74, 6) is 2.04. The Morgan fingerprint density at radius 3 is 2.79 bits per heavy atom. The number of hydrogen-bond donors (Lipinski definition) is 2. The number of hydrogen-bond acceptors (Lipinski definition) is 6. The predicted octanol–water partition coefficient (Wildman–Crippen LogP) is 0.417. The normalized spacial score (nSPS) is 10.4. The van der Waals surface area contributed by atoms with Crippen LogP contribution in [0.4, 0.5) is 6.01 Å². The largest absolute Gasteiger partial charge is 0.330 e. The number of H-pyrrole nitrogens is 1. The Morgan fingerprint density at radius 1 is 1.36 bits per heavy atom. The van der Waals surface area contributed by atoms with Gasteiger partial charge in [-0.05, 0) is 13.8 Å². The first kappa shape index (κ1) is 8.67. The van der Waals surface area contributed by atoms with Crippen LogP contribution in [0.1, 0.15) is 17.5 Å². The smallest absolute Gasteiger partial charge is 0.321 e. The van der Waals surface area contributed by atoms with Crippen molar-refractivity contribution in [2.24, 2.45) is 0 Å². The van der Waals surface area contributed by atoms with E-state index in [1.54, 1.807) is 6.92 Å². The van der Waals surface area contributed by atoms with Crippen LogP contribution in [0.2, 0.25) is 0 Å². The molecule has 0 aromatic carbocycles. The topological polar surface area (TPSA) is 92.5 Å². The maximum absolute atomic E-state index is 4.85. The molecular formula is C7H10N6O. The Morgan fingerprint density at radius 2 is 2.21 bits per heavy atom. The molecule has 2 aromatic rings. The van der Waals surface area contributed by atoms with Crippen molar-refractivity contribution in [2.45, 2.75) is 20.4 Å². The lowest BCUT2D eigenvalue weighted by molar-refractivity contribution is 0.425. The minimum absolute atomic E-state index is 0.380. The fourth-order valence-electron chi connectivity index (χ4n) is 0.992. The third-order valence-electron chi connectivity index (χ3n) is 1.57. The van der Waals surface area contributed by atoms with E-state index in [2.05, 4.69) is 30.6 Å². The molecule has 7 nitrogen and oxygen atoms in total. The fraction of sp³-hybridized carbons (Fsp3) is 0.429. The Hall–Kier alpha value is -1.92. The van der Waals surface area contributed by atoms with Crippen LogP contribution in [0.3, 0.4) is 0 Å². The third-order valence-corrected chi connectivity index (χ3v) is 1.57. The van der Waals surface area contributed by atoms with Crippen molar-refractivity contribution >= 4 is 6.01 Å². The SMILES string of the molecule is Cc1noc(NCc2n[nH]c(C)n2)n1. The van der Waals surface area contributed by atoms with E-state index in [0.29, 0.717) is 24.2 Å². The van der Waals surface area contributed by atoms with Crippen LogP contribution >= 0.6 is 0 Å². The van der Waals surface area contributed by atoms with Crippen molar-refractivity contribution in [3.8, 4) is 0 Å². The van der Waals surface area contributed by atoms with Gasteiger partial charge in [0.25, 0.3) is 0 Å². The number of aryl methyl sites for hydroxylation is 2. The van der Waals surface area contributed by atoms with Gasteiger partial charge in [0, 0.05) is 0 Å². The Bertz CT molecular complexity index is 379. The van der Waals surface area contributed by atoms with Gasteiger partial charge in [0.2, 0.25) is 0 Å². The lowest BCUT2D eigenvalue weighted by Crippen LogP contribution is -2.01. The standard InChI is InChI=1S/C7H10N6O/c1-4-9-6(12-11-4)3-8-7-10-5(2)13-14-7/h3H2,1-2H3,(H,8,10,13)(H,9,11,12). The highest BCUT2D eigenvalue weighted by Gasteiger charge is 2.03. The summed E-state index contributed by atoms with van der Waals surface area (Å²) in [5, 5.41) is 13.2. The molecular weight excluding hydrogens is 184 g/mol. The number of aromatic nitrogens is 5. The average molecular weight is 194 g/mol. The van der Waals surface area contributed by atoms with Gasteiger partial charge in [0.1, 0.15) is 5.82 Å². The molecule has 14 heavy (non-hydrogen) atoms. The van der Waals surface area contributed by atoms with Gasteiger partial charge in [-0.3, -0.25) is 5.10 Å². The Kier molecular flexibility index (Phi) is 2.13. The number of aromatic amines is 1. The molecule has 0 unspecified atom stereocenters. The van der Waals surface area contributed by atoms with Crippen LogP contribution in [0.25, 0.3) is 0 Å². The van der Waals surface area contributed by atoms with Crippen molar-refractivity contribution < 1.29 is 4.52 Å². The van der Waals surface area contributed by atoms with E-state index in [0.717, 1.165) is 5.82 Å². The van der Waals surface area contributed by atoms with E-state index < -0.39 is 0 Å². The van der Waals surface area contributed by atoms with Gasteiger partial charge in [0.15, 0.2) is 11.6 Å². The van der Waals surface area contributed by atoms with E-state index >= 15 is 0 Å². The summed E-state index contributed by atoms with van der Waals surface area (Å²) in [4.78, 5) is 8.09. The molecule has 0 atom stereocenters. The highest BCUT2D eigenvalue weighted by molar-refractivity contribution is 5.18. The Labute approximate surface area is 79.9 Å². The second kappa shape index (κ2) is 3.44. The van der Waals surface area contributed by atoms with Gasteiger partial charge >= 0.3 is 6.01 Å². The number of rotatable bonds is 3. The van der Waals surface area contributed by atoms with E-state index in [4.69, 9.17) is 4.52 Å². The molecule has 2 heterocycles. The van der Waals surface area contributed by atoms with Crippen LogP contribution in [0.15, 0.2) is 4.52 Å². The second-order valence-electron chi connectivity index (χ2n) is 2.84. The molecule has 0 fully saturated rings. The highest BCUT2D eigenvalue weighted by atomic mass is 16.5. The van der Waals surface area contributed by atoms with Crippen molar-refractivity contribution in [3.05, 3.63) is 17.5 Å². The lowest BCUT2D eigenvalue weighted by atomic mass is 10.6. The van der Waals surface area contributed by atoms with Crippen molar-refractivity contribution in [2.75, 3.05) is 5.32 Å². The summed E-state index contributed by atoms with van der Waals surface area (Å²) in [6, 6.07) is 0.380. The molecule has 0 bridgehead atoms. The van der Waals surface area contributed by atoms with Gasteiger partial charge in [0.05, 0.1) is 6.54 Å². The van der Waals surface area contributed by atoms with Gasteiger partial charge in [-0.15, -0.1) is 0 Å². The summed E-state index contributed by atoms with van der Waals surface area (Å²) < 4.78 is 4.85. The number of nitrogens with zero attached hydrogens (tertiary/aromatic N) is 4. The second-order valence-corrected chi connectivity index (χ2v) is 2.84. The molecule has 2 N–H and O–H groups in total. The predicted molar refractivity (Wildman–Crippen MR) is 47.5 cm³/mol. The molecule has 7 heteroatoms. The summed E-state index contributed by atoms with van der Waals surface area (Å²) >= 11 is 0. The van der Waals surface area contributed by atoms with Crippen molar-refractivity contribution in [3.63, 3.8) is 0 Å². The molecule has 0 aliphatic heterocycles. The van der Waals surface area contributed by atoms with Crippen molar-refractivity contribution in [1.82, 2.24) is 25.3 Å². The highest BCUT2D eigenvalue weighted by Crippen LogP contribution is 2.03. The van der Waals surface area contributed by atoms with E-state index in [1.165, 1.54) is 0 Å². The summed E-state index contributed by atoms with van der Waals surface area (Å²) in [6.07, 6.45) is 0. The minimum Gasteiger partial charge on any atom is -0.330 e. The summed E-state index contributed by atoms with van der Waals surface area (Å²) in [5.41, 5.74) is 0. The first-order valence-corrected chi connectivity index (χ1v) is 4.16. The lowest BCUT2D eigenvalue weighted by Gasteiger charge is -1.93. The van der Waals surface area contributed by atoms with E-state index in [9.17, 15) is 0 Å². The molecule has 0 spiro atoms. The van der Waals surface area contributed by atoms with Crippen LogP contribution in [0, 0.1) is 13.8 Å². The van der Waals surface area contributed by atoms with Crippen LogP contribution in [-0.4, -0.2) is 25.3 Å². The summed E-state index contributed by atoms with van der Waals surface area (Å²) in [7, 11) is 0. The van der Waals surface area contributed by atoms with E-state index in [-0.39, 0.29) is 0 Å². The molecule has 0 aliphatic carbocycles. The third kappa shape index (κ3) is 1.87. The van der Waals surface area contributed by atoms with Crippen molar-refractivity contribution in [1.29, 1.82) is 0 Å². The van der Waals surface area contributed by atoms with E-state index in [1.807, 2.05) is 6.92 Å². The molecule has 0 radical (unpaired) electrons. The zero-order valence-electron chi connectivity index (χ0n) is 7.90. The molecule has 0 saturated carbocycles. The fourth-order valence-corrected chi connectivity index (χ4v) is 0.992. The quantitative estimate of drug-likeness (QED) is 0.735. The van der Waals surface area contributed by atoms with Gasteiger partial charge < -0.3 is 9.84 Å². The maximum Gasteiger partial charge on any atom is 0.321 e. The molecule has 2 rings (SSSR count). The molecule has 0 aliphatic rings. The molecule has 0 saturated heterocycles. The Balaban J connectivity index is 1.94. The average Bonchev–Trinajstić information content (AvgIpc) is 2.72. The van der Waals surface area contributed by atoms with Crippen LogP contribution in [-0.2, 0) is 6.54 Å². The summed E-state index contributed by atoms with van der Waals surface area (Å²) in [6.45, 7) is 4.06. The maximum atomic E-state index is 4.85. The van der Waals surface area contributed by atoms with Gasteiger partial charge in [-0.25, -0.2) is 4.98 Å². The van der Waals surface area contributed by atoms with Gasteiger partial charge in [-0.1, -0.05) is 5.16 Å². The van der Waals surface area contributed by atoms with Gasteiger partial charge in [-0.2, -0.15) is 10.1 Å². The first-order chi connectivity index (χ1) is 6.74. The monoisotopic (exact) mass is 194 g/mol. The zero-order valence-corrected chi connectivity index (χ0v) is 7.90.